The quantitative estimate of drug-likeness (QED) is 0.666. The fraction of sp³-hybridized carbons (Fsp3) is 0. The maximum atomic E-state index is 3.45. The van der Waals surface area contributed by atoms with E-state index in [4.69, 9.17) is 0 Å². The minimum Gasteiger partial charge on any atom is -0.366 e. The van der Waals surface area contributed by atoms with Gasteiger partial charge in [0.05, 0.1) is 0 Å². The zero-order valence-corrected chi connectivity index (χ0v) is 10.2. The highest BCUT2D eigenvalue weighted by Gasteiger charge is 2.03. The van der Waals surface area contributed by atoms with Gasteiger partial charge in [0.25, 0.3) is 0 Å². The van der Waals surface area contributed by atoms with Crippen LogP contribution in [0.25, 0.3) is 21.9 Å². The predicted molar refractivity (Wildman–Crippen MR) is 71.4 cm³/mol. The smallest absolute Gasteiger partial charge is 0.0175 e. The van der Waals surface area contributed by atoms with E-state index >= 15 is 0 Å². The maximum absolute atomic E-state index is 3.45. The number of halogens is 1. The van der Waals surface area contributed by atoms with Crippen molar-refractivity contribution in [2.24, 2.45) is 0 Å². The molecule has 3 rings (SSSR count). The summed E-state index contributed by atoms with van der Waals surface area (Å²) >= 11 is 3.45. The molecule has 0 bridgehead atoms. The third kappa shape index (κ3) is 1.55. The van der Waals surface area contributed by atoms with E-state index in [2.05, 4.69) is 63.4 Å². The normalized spacial score (nSPS) is 10.8. The number of rotatable bonds is 1. The zero-order valence-electron chi connectivity index (χ0n) is 8.57. The van der Waals surface area contributed by atoms with Crippen LogP contribution < -0.4 is 0 Å². The van der Waals surface area contributed by atoms with E-state index in [1.54, 1.807) is 0 Å². The molecule has 1 heterocycles. The highest BCUT2D eigenvalue weighted by Crippen LogP contribution is 2.29. The Hall–Kier alpha value is -1.54. The molecule has 0 aliphatic heterocycles. The zero-order chi connectivity index (χ0) is 11.0. The van der Waals surface area contributed by atoms with E-state index in [0.29, 0.717) is 0 Å². The summed E-state index contributed by atoms with van der Waals surface area (Å²) in [5.74, 6) is 0. The van der Waals surface area contributed by atoms with Crippen LogP contribution in [0.4, 0.5) is 0 Å². The minimum atomic E-state index is 1.11. The number of H-pyrrole nitrogens is 1. The van der Waals surface area contributed by atoms with Crippen molar-refractivity contribution >= 4 is 26.7 Å². The summed E-state index contributed by atoms with van der Waals surface area (Å²) in [6.45, 7) is 0. The van der Waals surface area contributed by atoms with Gasteiger partial charge in [-0.15, -0.1) is 0 Å². The molecule has 3 aromatic rings. The molecule has 0 radical (unpaired) electrons. The number of fused-ring (bicyclic) bond motifs is 1. The lowest BCUT2D eigenvalue weighted by molar-refractivity contribution is 1.43. The van der Waals surface area contributed by atoms with Crippen LogP contribution in [-0.4, -0.2) is 4.98 Å². The molecule has 1 nitrogen and oxygen atoms in total. The Morgan fingerprint density at radius 3 is 2.50 bits per heavy atom. The molecule has 2 heteroatoms. The van der Waals surface area contributed by atoms with Gasteiger partial charge in [-0.2, -0.15) is 0 Å². The van der Waals surface area contributed by atoms with Crippen LogP contribution in [0.5, 0.6) is 0 Å². The number of hydrogen-bond acceptors (Lipinski definition) is 0. The fourth-order valence-corrected chi connectivity index (χ4v) is 2.23. The summed E-state index contributed by atoms with van der Waals surface area (Å²) in [6, 6.07) is 14.8. The van der Waals surface area contributed by atoms with Gasteiger partial charge >= 0.3 is 0 Å². The second-order valence-electron chi connectivity index (χ2n) is 3.77. The van der Waals surface area contributed by atoms with E-state index in [1.165, 1.54) is 21.9 Å². The Morgan fingerprint density at radius 1 is 0.875 bits per heavy atom. The molecule has 2 aromatic carbocycles. The first kappa shape index (κ1) is 9.67. The predicted octanol–water partition coefficient (Wildman–Crippen LogP) is 4.60. The second-order valence-corrected chi connectivity index (χ2v) is 4.69. The average Bonchev–Trinajstić information content (AvgIpc) is 2.78. The number of benzene rings is 2. The molecule has 1 N–H and O–H groups in total. The molecular formula is C14H10BrN. The van der Waals surface area contributed by atoms with Gasteiger partial charge in [0.15, 0.2) is 0 Å². The van der Waals surface area contributed by atoms with E-state index in [0.717, 1.165) is 4.47 Å². The van der Waals surface area contributed by atoms with Crippen molar-refractivity contribution in [3.8, 4) is 11.1 Å². The van der Waals surface area contributed by atoms with Crippen LogP contribution in [0.2, 0.25) is 0 Å². The summed E-state index contributed by atoms with van der Waals surface area (Å²) < 4.78 is 1.11. The van der Waals surface area contributed by atoms with Crippen molar-refractivity contribution in [1.29, 1.82) is 0 Å². The molecule has 1 aromatic heterocycles. The Bertz CT molecular complexity index is 623. The topological polar surface area (TPSA) is 15.8 Å². The molecule has 0 aliphatic carbocycles. The maximum Gasteiger partial charge on any atom is 0.0175 e. The van der Waals surface area contributed by atoms with Gasteiger partial charge in [-0.25, -0.2) is 0 Å². The van der Waals surface area contributed by atoms with Crippen molar-refractivity contribution < 1.29 is 0 Å². The van der Waals surface area contributed by atoms with E-state index in [1.807, 2.05) is 12.4 Å². The summed E-state index contributed by atoms with van der Waals surface area (Å²) in [4.78, 5) is 3.15. The van der Waals surface area contributed by atoms with Crippen LogP contribution in [0.15, 0.2) is 59.3 Å². The Labute approximate surface area is 102 Å². The number of hydrogen-bond donors (Lipinski definition) is 1. The lowest BCUT2D eigenvalue weighted by Crippen LogP contribution is -1.78. The Kier molecular flexibility index (Phi) is 2.29. The minimum absolute atomic E-state index is 1.11. The molecule has 0 saturated carbocycles. The molecule has 0 atom stereocenters. The van der Waals surface area contributed by atoms with Gasteiger partial charge in [-0.1, -0.05) is 46.3 Å². The molecule has 16 heavy (non-hydrogen) atoms. The Morgan fingerprint density at radius 2 is 1.69 bits per heavy atom. The number of aromatic amines is 1. The van der Waals surface area contributed by atoms with Gasteiger partial charge < -0.3 is 4.98 Å². The summed E-state index contributed by atoms with van der Waals surface area (Å²) in [6.07, 6.45) is 4.07. The van der Waals surface area contributed by atoms with Crippen LogP contribution in [0.3, 0.4) is 0 Å². The molecule has 78 valence electrons. The van der Waals surface area contributed by atoms with Gasteiger partial charge in [0.2, 0.25) is 0 Å². The average molecular weight is 272 g/mol. The third-order valence-electron chi connectivity index (χ3n) is 2.76. The lowest BCUT2D eigenvalue weighted by Gasteiger charge is -2.03. The standard InChI is InChI=1S/C14H10BrN/c15-12-6-4-10(5-7-12)13-3-1-2-11-8-16-9-14(11)13/h1-9,16H. The Balaban J connectivity index is 2.25. The van der Waals surface area contributed by atoms with Gasteiger partial charge in [0.1, 0.15) is 0 Å². The molecule has 0 aliphatic rings. The van der Waals surface area contributed by atoms with Gasteiger partial charge in [0, 0.05) is 22.3 Å². The van der Waals surface area contributed by atoms with Crippen molar-refractivity contribution in [2.75, 3.05) is 0 Å². The van der Waals surface area contributed by atoms with Gasteiger partial charge in [-0.05, 0) is 28.6 Å². The van der Waals surface area contributed by atoms with Crippen LogP contribution in [0.1, 0.15) is 0 Å². The molecule has 0 fully saturated rings. The third-order valence-corrected chi connectivity index (χ3v) is 3.29. The SMILES string of the molecule is Brc1ccc(-c2cccc3c[nH]cc23)cc1. The van der Waals surface area contributed by atoms with Crippen LogP contribution in [-0.2, 0) is 0 Å². The molecule has 0 unspecified atom stereocenters. The van der Waals surface area contributed by atoms with Crippen molar-refractivity contribution in [3.05, 3.63) is 59.3 Å². The first-order chi connectivity index (χ1) is 7.84. The van der Waals surface area contributed by atoms with Crippen molar-refractivity contribution in [1.82, 2.24) is 4.98 Å². The molecule has 0 amide bonds. The first-order valence-corrected chi connectivity index (χ1v) is 5.95. The van der Waals surface area contributed by atoms with Crippen LogP contribution >= 0.6 is 15.9 Å². The molecular weight excluding hydrogens is 262 g/mol. The highest BCUT2D eigenvalue weighted by molar-refractivity contribution is 9.10. The largest absolute Gasteiger partial charge is 0.366 e. The second kappa shape index (κ2) is 3.80. The van der Waals surface area contributed by atoms with E-state index in [9.17, 15) is 0 Å². The molecule has 0 saturated heterocycles. The number of nitrogens with one attached hydrogen (secondary N) is 1. The highest BCUT2D eigenvalue weighted by atomic mass is 79.9. The fourth-order valence-electron chi connectivity index (χ4n) is 1.97. The van der Waals surface area contributed by atoms with E-state index in [-0.39, 0.29) is 0 Å². The summed E-state index contributed by atoms with van der Waals surface area (Å²) in [5, 5.41) is 2.52. The first-order valence-electron chi connectivity index (χ1n) is 5.16. The van der Waals surface area contributed by atoms with Crippen molar-refractivity contribution in [2.45, 2.75) is 0 Å². The van der Waals surface area contributed by atoms with Crippen LogP contribution in [0, 0.1) is 0 Å². The van der Waals surface area contributed by atoms with Crippen molar-refractivity contribution in [3.63, 3.8) is 0 Å². The summed E-state index contributed by atoms with van der Waals surface area (Å²) in [5.41, 5.74) is 2.51. The van der Waals surface area contributed by atoms with Gasteiger partial charge in [-0.3, -0.25) is 0 Å². The molecule has 0 spiro atoms. The lowest BCUT2D eigenvalue weighted by atomic mass is 10.0. The van der Waals surface area contributed by atoms with E-state index < -0.39 is 0 Å². The monoisotopic (exact) mass is 271 g/mol. The summed E-state index contributed by atoms with van der Waals surface area (Å²) in [7, 11) is 0. The number of aromatic nitrogens is 1.